The first-order chi connectivity index (χ1) is 16.8. The average Bonchev–Trinajstić information content (AvgIpc) is 3.37. The summed E-state index contributed by atoms with van der Waals surface area (Å²) >= 11 is 0. The fourth-order valence-corrected chi connectivity index (χ4v) is 6.90. The molecule has 2 unspecified atom stereocenters. The number of piperidine rings is 3. The Morgan fingerprint density at radius 2 is 1.50 bits per heavy atom. The Morgan fingerprint density at radius 3 is 2.12 bits per heavy atom. The first-order valence-electron chi connectivity index (χ1n) is 13.1. The molecule has 0 amide bonds. The molecule has 1 N–H and O–H groups in total. The predicted octanol–water partition coefficient (Wildman–Crippen LogP) is 5.57. The van der Waals surface area contributed by atoms with Crippen LogP contribution in [0.4, 0.5) is 0 Å². The summed E-state index contributed by atoms with van der Waals surface area (Å²) in [6.07, 6.45) is 6.26. The Hall–Kier alpha value is -2.62. The minimum atomic E-state index is 0.366. The summed E-state index contributed by atoms with van der Waals surface area (Å²) in [5.41, 5.74) is 7.17. The fraction of sp³-hybridized carbons (Fsp3) is 0.419. The second-order valence-corrected chi connectivity index (χ2v) is 10.4. The molecule has 0 spiro atoms. The molecule has 34 heavy (non-hydrogen) atoms. The molecule has 3 aliphatic heterocycles. The van der Waals surface area contributed by atoms with Crippen LogP contribution < -0.4 is 10.1 Å². The first-order valence-corrected chi connectivity index (χ1v) is 13.1. The molecule has 3 aromatic carbocycles. The molecule has 2 atom stereocenters. The summed E-state index contributed by atoms with van der Waals surface area (Å²) in [6, 6.07) is 28.0. The number of ether oxygens (including phenoxy) is 1. The lowest BCUT2D eigenvalue weighted by Gasteiger charge is -2.54. The van der Waals surface area contributed by atoms with Gasteiger partial charge in [-0.3, -0.25) is 4.90 Å². The zero-order chi connectivity index (χ0) is 22.9. The van der Waals surface area contributed by atoms with Crippen LogP contribution in [0.3, 0.4) is 0 Å². The lowest BCUT2D eigenvalue weighted by molar-refractivity contribution is 0.00462. The largest absolute Gasteiger partial charge is 0.496 e. The van der Waals surface area contributed by atoms with Crippen LogP contribution in [0.2, 0.25) is 0 Å². The van der Waals surface area contributed by atoms with E-state index in [0.717, 1.165) is 18.2 Å². The second kappa shape index (κ2) is 9.56. The molecular weight excluding hydrogens is 416 g/mol. The van der Waals surface area contributed by atoms with Gasteiger partial charge in [-0.15, -0.1) is 0 Å². The van der Waals surface area contributed by atoms with E-state index in [2.05, 4.69) is 83.0 Å². The van der Waals surface area contributed by atoms with Crippen molar-refractivity contribution in [1.82, 2.24) is 10.2 Å². The Kier molecular flexibility index (Phi) is 6.15. The zero-order valence-electron chi connectivity index (χ0n) is 20.2. The van der Waals surface area contributed by atoms with Crippen LogP contribution in [-0.4, -0.2) is 37.2 Å². The molecule has 4 aliphatic rings. The maximum absolute atomic E-state index is 5.83. The van der Waals surface area contributed by atoms with Crippen molar-refractivity contribution < 1.29 is 4.74 Å². The van der Waals surface area contributed by atoms with Crippen molar-refractivity contribution in [2.24, 2.45) is 5.92 Å². The van der Waals surface area contributed by atoms with Gasteiger partial charge in [-0.25, -0.2) is 0 Å². The fourth-order valence-electron chi connectivity index (χ4n) is 6.90. The predicted molar refractivity (Wildman–Crippen MR) is 138 cm³/mol. The summed E-state index contributed by atoms with van der Waals surface area (Å²) in [5, 5.41) is 4.08. The summed E-state index contributed by atoms with van der Waals surface area (Å²) in [5.74, 6) is 2.14. The maximum atomic E-state index is 5.83. The van der Waals surface area contributed by atoms with E-state index in [4.69, 9.17) is 4.74 Å². The third kappa shape index (κ3) is 4.06. The molecule has 0 radical (unpaired) electrons. The number of aryl methyl sites for hydroxylation is 2. The van der Waals surface area contributed by atoms with E-state index in [-0.39, 0.29) is 0 Å². The van der Waals surface area contributed by atoms with Gasteiger partial charge >= 0.3 is 0 Å². The monoisotopic (exact) mass is 452 g/mol. The molecule has 3 heteroatoms. The molecule has 0 aromatic heterocycles. The topological polar surface area (TPSA) is 24.5 Å². The molecule has 1 aliphatic carbocycles. The van der Waals surface area contributed by atoms with Crippen molar-refractivity contribution in [2.45, 2.75) is 56.7 Å². The van der Waals surface area contributed by atoms with Gasteiger partial charge < -0.3 is 10.1 Å². The van der Waals surface area contributed by atoms with Gasteiger partial charge in [-0.1, -0.05) is 66.7 Å². The highest BCUT2D eigenvalue weighted by Gasteiger charge is 2.46. The number of methoxy groups -OCH3 is 1. The second-order valence-electron chi connectivity index (χ2n) is 10.4. The molecule has 2 bridgehead atoms. The van der Waals surface area contributed by atoms with Gasteiger partial charge in [-0.05, 0) is 79.4 Å². The van der Waals surface area contributed by atoms with Crippen LogP contribution in [0, 0.1) is 5.92 Å². The third-order valence-corrected chi connectivity index (χ3v) is 8.55. The third-order valence-electron chi connectivity index (χ3n) is 8.55. The standard InChI is InChI=1S/C31H36N2O/c1-34-28-20-26-14-8-13-25(26)19-27(28)21-32-30-24-15-17-33(18-16-24)31(30)29(22-9-4-2-5-10-22)23-11-6-3-7-12-23/h2-7,9-12,19-20,24,29-32H,8,13-18,21H2,1H3. The summed E-state index contributed by atoms with van der Waals surface area (Å²) in [6.45, 7) is 3.30. The molecule has 3 heterocycles. The van der Waals surface area contributed by atoms with Crippen LogP contribution in [0.15, 0.2) is 72.8 Å². The Labute approximate surface area is 204 Å². The van der Waals surface area contributed by atoms with Gasteiger partial charge in [0.25, 0.3) is 0 Å². The Morgan fingerprint density at radius 1 is 0.882 bits per heavy atom. The van der Waals surface area contributed by atoms with Crippen molar-refractivity contribution in [3.8, 4) is 5.75 Å². The molecule has 7 rings (SSSR count). The average molecular weight is 453 g/mol. The summed E-state index contributed by atoms with van der Waals surface area (Å²) < 4.78 is 5.83. The van der Waals surface area contributed by atoms with E-state index in [1.807, 2.05) is 7.11 Å². The van der Waals surface area contributed by atoms with Crippen LogP contribution >= 0.6 is 0 Å². The van der Waals surface area contributed by atoms with Gasteiger partial charge in [0.2, 0.25) is 0 Å². The number of hydrogen-bond donors (Lipinski definition) is 1. The van der Waals surface area contributed by atoms with Gasteiger partial charge in [0, 0.05) is 30.1 Å². The SMILES string of the molecule is COc1cc2c(cc1CNC1C3CCN(CC3)C1C(c1ccccc1)c1ccccc1)CCC2. The zero-order valence-corrected chi connectivity index (χ0v) is 20.2. The number of hydrogen-bond acceptors (Lipinski definition) is 3. The van der Waals surface area contributed by atoms with Gasteiger partial charge in [0.05, 0.1) is 7.11 Å². The summed E-state index contributed by atoms with van der Waals surface area (Å²) in [7, 11) is 1.82. The minimum absolute atomic E-state index is 0.366. The number of fused-ring (bicyclic) bond motifs is 4. The number of nitrogens with zero attached hydrogens (tertiary/aromatic N) is 1. The van der Waals surface area contributed by atoms with E-state index < -0.39 is 0 Å². The van der Waals surface area contributed by atoms with Crippen molar-refractivity contribution in [3.05, 3.63) is 101 Å². The first kappa shape index (κ1) is 21.9. The number of nitrogens with one attached hydrogen (secondary N) is 1. The van der Waals surface area contributed by atoms with E-state index in [1.54, 1.807) is 0 Å². The summed E-state index contributed by atoms with van der Waals surface area (Å²) in [4.78, 5) is 2.77. The van der Waals surface area contributed by atoms with Gasteiger partial charge in [0.15, 0.2) is 0 Å². The molecule has 3 nitrogen and oxygen atoms in total. The highest BCUT2D eigenvalue weighted by atomic mass is 16.5. The van der Waals surface area contributed by atoms with E-state index in [9.17, 15) is 0 Å². The van der Waals surface area contributed by atoms with Crippen molar-refractivity contribution in [1.29, 1.82) is 0 Å². The molecule has 176 valence electrons. The maximum Gasteiger partial charge on any atom is 0.123 e. The van der Waals surface area contributed by atoms with Gasteiger partial charge in [0.1, 0.15) is 5.75 Å². The van der Waals surface area contributed by atoms with Crippen molar-refractivity contribution >= 4 is 0 Å². The minimum Gasteiger partial charge on any atom is -0.496 e. The highest BCUT2D eigenvalue weighted by molar-refractivity contribution is 5.45. The molecular formula is C31H36N2O. The van der Waals surface area contributed by atoms with Gasteiger partial charge in [-0.2, -0.15) is 0 Å². The molecule has 0 saturated carbocycles. The molecule has 3 saturated heterocycles. The Bertz CT molecular complexity index is 1070. The Balaban J connectivity index is 1.33. The van der Waals surface area contributed by atoms with Crippen LogP contribution in [0.25, 0.3) is 0 Å². The quantitative estimate of drug-likeness (QED) is 0.507. The number of benzene rings is 3. The van der Waals surface area contributed by atoms with Crippen molar-refractivity contribution in [3.63, 3.8) is 0 Å². The number of rotatable bonds is 7. The molecule has 3 aromatic rings. The highest BCUT2D eigenvalue weighted by Crippen LogP contribution is 2.42. The smallest absolute Gasteiger partial charge is 0.123 e. The van der Waals surface area contributed by atoms with Crippen LogP contribution in [-0.2, 0) is 19.4 Å². The van der Waals surface area contributed by atoms with Crippen LogP contribution in [0.1, 0.15) is 53.0 Å². The van der Waals surface area contributed by atoms with E-state index in [0.29, 0.717) is 18.0 Å². The van der Waals surface area contributed by atoms with E-state index >= 15 is 0 Å². The van der Waals surface area contributed by atoms with Crippen LogP contribution in [0.5, 0.6) is 5.75 Å². The lowest BCUT2D eigenvalue weighted by atomic mass is 9.70. The normalized spacial score (nSPS) is 25.5. The van der Waals surface area contributed by atoms with Crippen molar-refractivity contribution in [2.75, 3.05) is 20.2 Å². The lowest BCUT2D eigenvalue weighted by Crippen LogP contribution is -2.64. The molecule has 3 fully saturated rings. The van der Waals surface area contributed by atoms with E-state index in [1.165, 1.54) is 73.0 Å².